The summed E-state index contributed by atoms with van der Waals surface area (Å²) in [6.07, 6.45) is 0. The number of fused-ring (bicyclic) bond motifs is 11. The number of hydrogen-bond acceptors (Lipinski definition) is 2. The third-order valence-corrected chi connectivity index (χ3v) is 12.0. The van der Waals surface area contributed by atoms with Crippen molar-refractivity contribution in [2.24, 2.45) is 0 Å². The van der Waals surface area contributed by atoms with Gasteiger partial charge in [-0.1, -0.05) is 164 Å². The molecular formula is C56H35NO. The molecule has 2 nitrogen and oxygen atoms in total. The highest BCUT2D eigenvalue weighted by Crippen LogP contribution is 2.46. The molecule has 0 N–H and O–H groups in total. The Kier molecular flexibility index (Phi) is 7.26. The number of rotatable bonds is 5. The Morgan fingerprint density at radius 1 is 0.293 bits per heavy atom. The third-order valence-electron chi connectivity index (χ3n) is 12.0. The fourth-order valence-electron chi connectivity index (χ4n) is 9.29. The van der Waals surface area contributed by atoms with Crippen LogP contribution in [-0.4, -0.2) is 0 Å². The summed E-state index contributed by atoms with van der Waals surface area (Å²) in [5, 5.41) is 14.5. The van der Waals surface area contributed by atoms with Gasteiger partial charge in [0.15, 0.2) is 0 Å². The van der Waals surface area contributed by atoms with Crippen LogP contribution < -0.4 is 4.90 Å². The topological polar surface area (TPSA) is 16.4 Å². The molecular weight excluding hydrogens is 703 g/mol. The molecule has 0 amide bonds. The number of para-hydroxylation sites is 1. The average molecular weight is 738 g/mol. The lowest BCUT2D eigenvalue weighted by Crippen LogP contribution is -2.11. The Morgan fingerprint density at radius 3 is 1.67 bits per heavy atom. The number of benzene rings is 11. The van der Waals surface area contributed by atoms with Crippen LogP contribution >= 0.6 is 0 Å². The molecule has 11 aromatic carbocycles. The minimum atomic E-state index is 0.891. The molecule has 0 aliphatic rings. The van der Waals surface area contributed by atoms with Gasteiger partial charge in [-0.15, -0.1) is 0 Å². The van der Waals surface area contributed by atoms with Gasteiger partial charge in [0.2, 0.25) is 0 Å². The quantitative estimate of drug-likeness (QED) is 0.164. The van der Waals surface area contributed by atoms with E-state index in [1.54, 1.807) is 0 Å². The maximum absolute atomic E-state index is 6.54. The van der Waals surface area contributed by atoms with Gasteiger partial charge >= 0.3 is 0 Å². The van der Waals surface area contributed by atoms with Gasteiger partial charge < -0.3 is 9.32 Å². The maximum Gasteiger partial charge on any atom is 0.143 e. The summed E-state index contributed by atoms with van der Waals surface area (Å²) in [5.74, 6) is 0. The first-order valence-electron chi connectivity index (χ1n) is 19.9. The SMILES string of the molecule is c1ccc(N(c2ccc(-c3cc4ccccc4c4ccccc34)cc2)c2cccc3c2ccc2ccccc23)c(-c2ccc3oc4c5ccccc5ccc4c3c2)c1. The fraction of sp³-hybridized carbons (Fsp3) is 0. The largest absolute Gasteiger partial charge is 0.455 e. The number of furan rings is 1. The summed E-state index contributed by atoms with van der Waals surface area (Å²) in [4.78, 5) is 2.44. The van der Waals surface area contributed by atoms with Crippen LogP contribution in [0, 0.1) is 0 Å². The van der Waals surface area contributed by atoms with Gasteiger partial charge in [0.05, 0.1) is 11.4 Å². The molecule has 12 aromatic rings. The van der Waals surface area contributed by atoms with E-state index in [2.05, 4.69) is 217 Å². The molecule has 1 aromatic heterocycles. The molecule has 0 aliphatic heterocycles. The van der Waals surface area contributed by atoms with Crippen LogP contribution in [0.4, 0.5) is 17.1 Å². The Bertz CT molecular complexity index is 3580. The van der Waals surface area contributed by atoms with Crippen LogP contribution in [0.25, 0.3) is 98.1 Å². The predicted octanol–water partition coefficient (Wildman–Crippen LogP) is 16.2. The van der Waals surface area contributed by atoms with E-state index in [1.807, 2.05) is 0 Å². The molecule has 0 fully saturated rings. The summed E-state index contributed by atoms with van der Waals surface area (Å²) in [7, 11) is 0. The van der Waals surface area contributed by atoms with Crippen molar-refractivity contribution in [3.8, 4) is 22.3 Å². The molecule has 0 radical (unpaired) electrons. The van der Waals surface area contributed by atoms with E-state index in [1.165, 1.54) is 59.6 Å². The molecule has 0 atom stereocenters. The normalized spacial score (nSPS) is 11.8. The van der Waals surface area contributed by atoms with E-state index >= 15 is 0 Å². The molecule has 0 unspecified atom stereocenters. The van der Waals surface area contributed by atoms with Gasteiger partial charge in [-0.05, 0) is 108 Å². The van der Waals surface area contributed by atoms with Gasteiger partial charge in [0.25, 0.3) is 0 Å². The molecule has 0 aliphatic carbocycles. The molecule has 2 heteroatoms. The third kappa shape index (κ3) is 5.05. The molecule has 58 heavy (non-hydrogen) atoms. The Labute approximate surface area is 335 Å². The van der Waals surface area contributed by atoms with Crippen LogP contribution in [0.15, 0.2) is 217 Å². The minimum Gasteiger partial charge on any atom is -0.455 e. The molecule has 270 valence electrons. The van der Waals surface area contributed by atoms with Gasteiger partial charge in [-0.2, -0.15) is 0 Å². The summed E-state index contributed by atoms with van der Waals surface area (Å²) < 4.78 is 6.54. The van der Waals surface area contributed by atoms with Crippen molar-refractivity contribution in [3.05, 3.63) is 212 Å². The van der Waals surface area contributed by atoms with Gasteiger partial charge in [-0.25, -0.2) is 0 Å². The van der Waals surface area contributed by atoms with Crippen molar-refractivity contribution in [1.82, 2.24) is 0 Å². The summed E-state index contributed by atoms with van der Waals surface area (Å²) in [6.45, 7) is 0. The second kappa shape index (κ2) is 12.9. The van der Waals surface area contributed by atoms with Crippen LogP contribution in [0.2, 0.25) is 0 Å². The highest BCUT2D eigenvalue weighted by molar-refractivity contribution is 6.17. The van der Waals surface area contributed by atoms with Crippen LogP contribution in [-0.2, 0) is 0 Å². The summed E-state index contributed by atoms with van der Waals surface area (Å²) in [6, 6.07) is 77.2. The first kappa shape index (κ1) is 32.6. The number of anilines is 3. The predicted molar refractivity (Wildman–Crippen MR) is 247 cm³/mol. The first-order valence-corrected chi connectivity index (χ1v) is 19.9. The second-order valence-electron chi connectivity index (χ2n) is 15.2. The molecule has 0 spiro atoms. The van der Waals surface area contributed by atoms with E-state index < -0.39 is 0 Å². The minimum absolute atomic E-state index is 0.891. The molecule has 0 saturated heterocycles. The van der Waals surface area contributed by atoms with E-state index in [9.17, 15) is 0 Å². The summed E-state index contributed by atoms with van der Waals surface area (Å²) >= 11 is 0. The zero-order valence-electron chi connectivity index (χ0n) is 31.6. The van der Waals surface area contributed by atoms with E-state index in [-0.39, 0.29) is 0 Å². The van der Waals surface area contributed by atoms with Gasteiger partial charge in [0, 0.05) is 32.8 Å². The van der Waals surface area contributed by atoms with Crippen molar-refractivity contribution in [3.63, 3.8) is 0 Å². The van der Waals surface area contributed by atoms with Crippen LogP contribution in [0.1, 0.15) is 0 Å². The second-order valence-corrected chi connectivity index (χ2v) is 15.2. The van der Waals surface area contributed by atoms with Gasteiger partial charge in [-0.3, -0.25) is 0 Å². The molecule has 0 bridgehead atoms. The lowest BCUT2D eigenvalue weighted by atomic mass is 9.93. The summed E-state index contributed by atoms with van der Waals surface area (Å²) in [5.41, 5.74) is 9.83. The molecule has 12 rings (SSSR count). The number of nitrogens with zero attached hydrogens (tertiary/aromatic N) is 1. The lowest BCUT2D eigenvalue weighted by Gasteiger charge is -2.29. The first-order chi connectivity index (χ1) is 28.8. The van der Waals surface area contributed by atoms with E-state index in [0.717, 1.165) is 55.5 Å². The molecule has 0 saturated carbocycles. The van der Waals surface area contributed by atoms with Crippen LogP contribution in [0.3, 0.4) is 0 Å². The number of hydrogen-bond donors (Lipinski definition) is 0. The molecule has 1 heterocycles. The highest BCUT2D eigenvalue weighted by Gasteiger charge is 2.21. The van der Waals surface area contributed by atoms with Crippen molar-refractivity contribution in [2.45, 2.75) is 0 Å². The lowest BCUT2D eigenvalue weighted by molar-refractivity contribution is 0.672. The monoisotopic (exact) mass is 737 g/mol. The van der Waals surface area contributed by atoms with Crippen molar-refractivity contribution in [1.29, 1.82) is 0 Å². The van der Waals surface area contributed by atoms with Crippen LogP contribution in [0.5, 0.6) is 0 Å². The maximum atomic E-state index is 6.54. The van der Waals surface area contributed by atoms with E-state index in [0.29, 0.717) is 0 Å². The van der Waals surface area contributed by atoms with Crippen molar-refractivity contribution < 1.29 is 4.42 Å². The zero-order chi connectivity index (χ0) is 38.2. The smallest absolute Gasteiger partial charge is 0.143 e. The fourth-order valence-corrected chi connectivity index (χ4v) is 9.29. The standard InChI is InChI=1S/C56H35NO/c1-4-15-42-36(12-1)26-31-49-47(42)21-11-23-54(49)57(41-29-24-38(25-30-41)51-34-39-14-3-5-16-43(39)46-19-7-8-20-48(46)51)53-22-10-9-17-44(53)40-28-33-55-52(35-40)50-32-27-37-13-2-6-18-45(37)56(50)58-55/h1-35H. The van der Waals surface area contributed by atoms with Crippen molar-refractivity contribution in [2.75, 3.05) is 4.90 Å². The Hall–Kier alpha value is -7.68. The average Bonchev–Trinajstić information content (AvgIpc) is 3.68. The highest BCUT2D eigenvalue weighted by atomic mass is 16.3. The van der Waals surface area contributed by atoms with Crippen molar-refractivity contribution >= 4 is 92.9 Å². The van der Waals surface area contributed by atoms with E-state index in [4.69, 9.17) is 4.42 Å². The Balaban J connectivity index is 1.07. The Morgan fingerprint density at radius 2 is 0.862 bits per heavy atom. The van der Waals surface area contributed by atoms with Gasteiger partial charge in [0.1, 0.15) is 11.2 Å². The zero-order valence-corrected chi connectivity index (χ0v) is 31.6.